The van der Waals surface area contributed by atoms with Crippen LogP contribution in [0.15, 0.2) is 0 Å². The van der Waals surface area contributed by atoms with Crippen LogP contribution in [0.2, 0.25) is 0 Å². The second-order valence-corrected chi connectivity index (χ2v) is 2.32. The molecule has 0 bridgehead atoms. The minimum atomic E-state index is -5.09. The Morgan fingerprint density at radius 2 is 1.38 bits per heavy atom. The van der Waals surface area contributed by atoms with Crippen LogP contribution in [0.4, 0.5) is 30.7 Å². The van der Waals surface area contributed by atoms with Crippen molar-refractivity contribution >= 4 is 0 Å². The molecule has 2 unspecified atom stereocenters. The smallest absolute Gasteiger partial charge is 0.334 e. The van der Waals surface area contributed by atoms with E-state index >= 15 is 0 Å². The third-order valence-electron chi connectivity index (χ3n) is 1.08. The fraction of sp³-hybridized carbons (Fsp3) is 1.00. The molecule has 80 valence electrons. The lowest BCUT2D eigenvalue weighted by molar-refractivity contribution is -0.259. The summed E-state index contributed by atoms with van der Waals surface area (Å²) in [5.74, 6) is 0. The lowest BCUT2D eigenvalue weighted by Gasteiger charge is -2.18. The molecular weight excluding hydrogens is 209 g/mol. The van der Waals surface area contributed by atoms with Crippen LogP contribution in [0.1, 0.15) is 6.42 Å². The molecule has 0 fully saturated rings. The van der Waals surface area contributed by atoms with Gasteiger partial charge in [-0.05, 0) is 0 Å². The fourth-order valence-electron chi connectivity index (χ4n) is 0.542. The quantitative estimate of drug-likeness (QED) is 0.714. The highest BCUT2D eigenvalue weighted by molar-refractivity contribution is 4.77. The first-order valence-electron chi connectivity index (χ1n) is 2.99. The molecule has 8 heteroatoms. The molecule has 13 heavy (non-hydrogen) atoms. The van der Waals surface area contributed by atoms with Gasteiger partial charge in [-0.2, -0.15) is 22.0 Å². The van der Waals surface area contributed by atoms with Crippen molar-refractivity contribution in [1.82, 2.24) is 0 Å². The Morgan fingerprint density at radius 3 is 1.62 bits per heavy atom. The van der Waals surface area contributed by atoms with E-state index in [2.05, 4.69) is 0 Å². The Kier molecular flexibility index (Phi) is 3.54. The molecule has 0 saturated heterocycles. The number of halogens is 7. The molecule has 1 nitrogen and oxygen atoms in total. The molecule has 0 aromatic rings. The topological polar surface area (TPSA) is 20.2 Å². The van der Waals surface area contributed by atoms with E-state index in [1.807, 2.05) is 0 Å². The number of alkyl halides is 7. The molecule has 0 aromatic carbocycles. The van der Waals surface area contributed by atoms with E-state index < -0.39 is 31.0 Å². The average Bonchev–Trinajstić information content (AvgIpc) is 1.79. The van der Waals surface area contributed by atoms with Gasteiger partial charge in [0.1, 0.15) is 6.17 Å². The normalized spacial score (nSPS) is 18.5. The van der Waals surface area contributed by atoms with Crippen LogP contribution < -0.4 is 0 Å². The van der Waals surface area contributed by atoms with Crippen molar-refractivity contribution in [3.05, 3.63) is 0 Å². The zero-order valence-corrected chi connectivity index (χ0v) is 5.95. The third-order valence-corrected chi connectivity index (χ3v) is 1.08. The first kappa shape index (κ1) is 12.5. The second-order valence-electron chi connectivity index (χ2n) is 2.32. The van der Waals surface area contributed by atoms with Gasteiger partial charge in [-0.25, -0.2) is 8.78 Å². The molecule has 0 aliphatic heterocycles. The van der Waals surface area contributed by atoms with Gasteiger partial charge in [0.2, 0.25) is 6.17 Å². The Hall–Kier alpha value is -0.530. The highest BCUT2D eigenvalue weighted by atomic mass is 19.4. The molecule has 0 saturated carbocycles. The summed E-state index contributed by atoms with van der Waals surface area (Å²) in [5.41, 5.74) is 0. The minimum Gasteiger partial charge on any atom is -0.334 e. The van der Waals surface area contributed by atoms with Gasteiger partial charge in [0.15, 0.2) is 0 Å². The van der Waals surface area contributed by atoms with Crippen LogP contribution >= 0.6 is 0 Å². The van der Waals surface area contributed by atoms with Crippen molar-refractivity contribution in [2.24, 2.45) is 0 Å². The van der Waals surface area contributed by atoms with Gasteiger partial charge in [-0.15, -0.1) is 0 Å². The van der Waals surface area contributed by atoms with Crippen molar-refractivity contribution in [3.8, 4) is 0 Å². The summed E-state index contributed by atoms with van der Waals surface area (Å²) in [6.45, 7) is 0. The minimum absolute atomic E-state index is 2.36. The monoisotopic (exact) mass is 214 g/mol. The summed E-state index contributed by atoms with van der Waals surface area (Å²) >= 11 is 0. The fourth-order valence-corrected chi connectivity index (χ4v) is 0.542. The van der Waals surface area contributed by atoms with E-state index in [1.165, 1.54) is 0 Å². The lowest BCUT2D eigenvalue weighted by atomic mass is 10.1. The Labute approximate surface area is 68.2 Å². The van der Waals surface area contributed by atoms with E-state index in [9.17, 15) is 30.7 Å². The highest BCUT2D eigenvalue weighted by Crippen LogP contribution is 2.30. The van der Waals surface area contributed by atoms with Crippen molar-refractivity contribution < 1.29 is 35.8 Å². The summed E-state index contributed by atoms with van der Waals surface area (Å²) in [6.07, 6.45) is -19.9. The SMILES string of the molecule is OC(F)(F)C(F)C(F)CC(F)(F)F. The van der Waals surface area contributed by atoms with Crippen LogP contribution in [0.3, 0.4) is 0 Å². The number of aliphatic hydroxyl groups is 1. The molecule has 2 atom stereocenters. The van der Waals surface area contributed by atoms with Gasteiger partial charge in [0.05, 0.1) is 6.42 Å². The van der Waals surface area contributed by atoms with Gasteiger partial charge < -0.3 is 5.11 Å². The van der Waals surface area contributed by atoms with Gasteiger partial charge in [0, 0.05) is 0 Å². The number of rotatable bonds is 3. The number of hydrogen-bond donors (Lipinski definition) is 1. The standard InChI is InChI=1S/C5H5F7O/c6-2(1-4(8,9)10)3(7)5(11,12)13/h2-3,13H,1H2. The maximum Gasteiger partial charge on any atom is 0.392 e. The molecule has 0 amide bonds. The van der Waals surface area contributed by atoms with E-state index in [-0.39, 0.29) is 0 Å². The zero-order chi connectivity index (χ0) is 10.9. The Balaban J connectivity index is 4.20. The first-order chi connectivity index (χ1) is 5.54. The second kappa shape index (κ2) is 3.69. The van der Waals surface area contributed by atoms with Crippen LogP contribution in [-0.4, -0.2) is 29.7 Å². The third kappa shape index (κ3) is 4.91. The van der Waals surface area contributed by atoms with Crippen LogP contribution in [0.5, 0.6) is 0 Å². The van der Waals surface area contributed by atoms with E-state index in [4.69, 9.17) is 5.11 Å². The molecule has 0 rings (SSSR count). The molecular formula is C5H5F7O. The molecule has 0 radical (unpaired) electrons. The molecule has 0 heterocycles. The predicted molar refractivity (Wildman–Crippen MR) is 27.6 cm³/mol. The predicted octanol–water partition coefficient (Wildman–Crippen LogP) is 2.20. The van der Waals surface area contributed by atoms with Gasteiger partial charge in [0.25, 0.3) is 0 Å². The maximum absolute atomic E-state index is 12.1. The Bertz CT molecular complexity index is 159. The van der Waals surface area contributed by atoms with E-state index in [0.29, 0.717) is 0 Å². The summed E-state index contributed by atoms with van der Waals surface area (Å²) in [5, 5.41) is 7.54. The van der Waals surface area contributed by atoms with Crippen molar-refractivity contribution in [3.63, 3.8) is 0 Å². The lowest BCUT2D eigenvalue weighted by Crippen LogP contribution is -2.39. The highest BCUT2D eigenvalue weighted by Gasteiger charge is 2.47. The molecule has 1 N–H and O–H groups in total. The van der Waals surface area contributed by atoms with Crippen LogP contribution in [0.25, 0.3) is 0 Å². The Morgan fingerprint density at radius 1 is 1.00 bits per heavy atom. The van der Waals surface area contributed by atoms with E-state index in [1.54, 1.807) is 0 Å². The van der Waals surface area contributed by atoms with Crippen LogP contribution in [-0.2, 0) is 0 Å². The molecule has 0 aromatic heterocycles. The average molecular weight is 214 g/mol. The molecule has 0 aliphatic rings. The largest absolute Gasteiger partial charge is 0.392 e. The molecule has 0 spiro atoms. The van der Waals surface area contributed by atoms with E-state index in [0.717, 1.165) is 0 Å². The van der Waals surface area contributed by atoms with Crippen LogP contribution in [0, 0.1) is 0 Å². The molecule has 0 aliphatic carbocycles. The summed E-state index contributed by atoms with van der Waals surface area (Å²) < 4.78 is 81.0. The zero-order valence-electron chi connectivity index (χ0n) is 5.95. The summed E-state index contributed by atoms with van der Waals surface area (Å²) in [6, 6.07) is 0. The first-order valence-corrected chi connectivity index (χ1v) is 2.99. The van der Waals surface area contributed by atoms with Crippen molar-refractivity contribution in [2.75, 3.05) is 0 Å². The van der Waals surface area contributed by atoms with Crippen molar-refractivity contribution in [2.45, 2.75) is 31.0 Å². The van der Waals surface area contributed by atoms with Gasteiger partial charge >= 0.3 is 12.3 Å². The van der Waals surface area contributed by atoms with Crippen molar-refractivity contribution in [1.29, 1.82) is 0 Å². The summed E-state index contributed by atoms with van der Waals surface area (Å²) in [7, 11) is 0. The summed E-state index contributed by atoms with van der Waals surface area (Å²) in [4.78, 5) is 0. The number of hydrogen-bond acceptors (Lipinski definition) is 1. The maximum atomic E-state index is 12.1. The van der Waals surface area contributed by atoms with Gasteiger partial charge in [-0.1, -0.05) is 0 Å². The van der Waals surface area contributed by atoms with Gasteiger partial charge in [-0.3, -0.25) is 0 Å².